The Morgan fingerprint density at radius 3 is 2.45 bits per heavy atom. The van der Waals surface area contributed by atoms with Crippen LogP contribution in [0.2, 0.25) is 0 Å². The van der Waals surface area contributed by atoms with Crippen LogP contribution in [0.25, 0.3) is 0 Å². The average molecular weight is 310 g/mol. The zero-order valence-electron chi connectivity index (χ0n) is 13.6. The molecule has 1 rings (SSSR count). The lowest BCUT2D eigenvalue weighted by Gasteiger charge is -2.25. The molecule has 0 heterocycles. The largest absolute Gasteiger partial charge is 0.444 e. The predicted octanol–water partition coefficient (Wildman–Crippen LogP) is 2.81. The number of ether oxygens (including phenoxy) is 1. The maximum absolute atomic E-state index is 13.6. The van der Waals surface area contributed by atoms with E-state index in [1.54, 1.807) is 40.8 Å². The fourth-order valence-corrected chi connectivity index (χ4v) is 1.89. The number of halogens is 1. The summed E-state index contributed by atoms with van der Waals surface area (Å²) in [7, 11) is 1.56. The SMILES string of the molecule is C[C@@H](CN(C)C(=O)c1ccccc1F)NC(=O)OC(C)(C)C. The Labute approximate surface area is 130 Å². The van der Waals surface area contributed by atoms with Crippen molar-refractivity contribution in [3.8, 4) is 0 Å². The molecule has 6 heteroatoms. The third-order valence-corrected chi connectivity index (χ3v) is 2.76. The van der Waals surface area contributed by atoms with Gasteiger partial charge in [0.15, 0.2) is 0 Å². The highest BCUT2D eigenvalue weighted by molar-refractivity contribution is 5.94. The summed E-state index contributed by atoms with van der Waals surface area (Å²) in [5, 5.41) is 2.64. The van der Waals surface area contributed by atoms with E-state index in [4.69, 9.17) is 4.74 Å². The minimum atomic E-state index is -0.585. The van der Waals surface area contributed by atoms with Crippen molar-refractivity contribution in [3.05, 3.63) is 35.6 Å². The number of hydrogen-bond donors (Lipinski definition) is 1. The number of nitrogens with one attached hydrogen (secondary N) is 1. The number of carbonyl (C=O) groups is 2. The first-order valence-electron chi connectivity index (χ1n) is 7.09. The Morgan fingerprint density at radius 1 is 1.32 bits per heavy atom. The van der Waals surface area contributed by atoms with E-state index in [9.17, 15) is 14.0 Å². The zero-order valence-corrected chi connectivity index (χ0v) is 13.6. The van der Waals surface area contributed by atoms with Gasteiger partial charge in [-0.25, -0.2) is 9.18 Å². The molecule has 1 aromatic carbocycles. The summed E-state index contributed by atoms with van der Waals surface area (Å²) < 4.78 is 18.7. The second-order valence-corrected chi connectivity index (χ2v) is 6.21. The van der Waals surface area contributed by atoms with Crippen molar-refractivity contribution >= 4 is 12.0 Å². The molecule has 0 saturated heterocycles. The highest BCUT2D eigenvalue weighted by atomic mass is 19.1. The van der Waals surface area contributed by atoms with Crippen LogP contribution in [0, 0.1) is 5.82 Å². The fraction of sp³-hybridized carbons (Fsp3) is 0.500. The maximum Gasteiger partial charge on any atom is 0.407 e. The Balaban J connectivity index is 2.57. The first kappa shape index (κ1) is 17.9. The standard InChI is InChI=1S/C16H23FN2O3/c1-11(18-15(21)22-16(2,3)4)10-19(5)14(20)12-8-6-7-9-13(12)17/h6-9,11H,10H2,1-5H3,(H,18,21)/t11-/m0/s1. The molecule has 0 aliphatic carbocycles. The predicted molar refractivity (Wildman–Crippen MR) is 82.2 cm³/mol. The fourth-order valence-electron chi connectivity index (χ4n) is 1.89. The van der Waals surface area contributed by atoms with Gasteiger partial charge in [0.05, 0.1) is 5.56 Å². The van der Waals surface area contributed by atoms with E-state index in [1.807, 2.05) is 0 Å². The van der Waals surface area contributed by atoms with Gasteiger partial charge >= 0.3 is 6.09 Å². The summed E-state index contributed by atoms with van der Waals surface area (Å²) in [5.41, 5.74) is -0.576. The van der Waals surface area contributed by atoms with E-state index in [0.29, 0.717) is 0 Å². The Morgan fingerprint density at radius 2 is 1.91 bits per heavy atom. The average Bonchev–Trinajstić information content (AvgIpc) is 2.35. The number of alkyl carbamates (subject to hydrolysis) is 1. The lowest BCUT2D eigenvalue weighted by molar-refractivity contribution is 0.0491. The third kappa shape index (κ3) is 5.71. The van der Waals surface area contributed by atoms with Gasteiger partial charge in [0.1, 0.15) is 11.4 Å². The third-order valence-electron chi connectivity index (χ3n) is 2.76. The molecule has 5 nitrogen and oxygen atoms in total. The van der Waals surface area contributed by atoms with Crippen molar-refractivity contribution in [2.45, 2.75) is 39.3 Å². The highest BCUT2D eigenvalue weighted by Crippen LogP contribution is 2.10. The highest BCUT2D eigenvalue weighted by Gasteiger charge is 2.21. The van der Waals surface area contributed by atoms with Crippen molar-refractivity contribution in [2.75, 3.05) is 13.6 Å². The number of amides is 2. The number of rotatable bonds is 4. The molecule has 0 aliphatic heterocycles. The summed E-state index contributed by atoms with van der Waals surface area (Å²) >= 11 is 0. The van der Waals surface area contributed by atoms with Gasteiger partial charge in [0.2, 0.25) is 0 Å². The Bertz CT molecular complexity index is 540. The smallest absolute Gasteiger partial charge is 0.407 e. The Kier molecular flexibility index (Phi) is 5.91. The van der Waals surface area contributed by atoms with Crippen LogP contribution in [0.1, 0.15) is 38.1 Å². The van der Waals surface area contributed by atoms with Crippen molar-refractivity contribution in [1.29, 1.82) is 0 Å². The van der Waals surface area contributed by atoms with E-state index in [0.717, 1.165) is 0 Å². The molecular formula is C16H23FN2O3. The number of nitrogens with zero attached hydrogens (tertiary/aromatic N) is 1. The second-order valence-electron chi connectivity index (χ2n) is 6.21. The topological polar surface area (TPSA) is 58.6 Å². The molecule has 0 bridgehead atoms. The van der Waals surface area contributed by atoms with Crippen molar-refractivity contribution in [1.82, 2.24) is 10.2 Å². The van der Waals surface area contributed by atoms with Gasteiger partial charge in [-0.3, -0.25) is 4.79 Å². The van der Waals surface area contributed by atoms with Gasteiger partial charge in [0, 0.05) is 19.6 Å². The molecule has 0 fully saturated rings. The molecule has 0 unspecified atom stereocenters. The summed E-state index contributed by atoms with van der Waals surface area (Å²) in [4.78, 5) is 25.2. The molecule has 0 radical (unpaired) electrons. The summed E-state index contributed by atoms with van der Waals surface area (Å²) in [5.74, 6) is -0.997. The first-order valence-corrected chi connectivity index (χ1v) is 7.09. The second kappa shape index (κ2) is 7.24. The number of hydrogen-bond acceptors (Lipinski definition) is 3. The van der Waals surface area contributed by atoms with E-state index in [1.165, 1.54) is 23.1 Å². The molecule has 2 amide bonds. The number of likely N-dealkylation sites (N-methyl/N-ethyl adjacent to an activating group) is 1. The lowest BCUT2D eigenvalue weighted by atomic mass is 10.2. The molecule has 122 valence electrons. The first-order chi connectivity index (χ1) is 10.1. The summed E-state index contributed by atoms with van der Waals surface area (Å²) in [6.45, 7) is 7.29. The van der Waals surface area contributed by atoms with Gasteiger partial charge < -0.3 is 15.0 Å². The van der Waals surface area contributed by atoms with Crippen molar-refractivity contribution < 1.29 is 18.7 Å². The summed E-state index contributed by atoms with van der Waals surface area (Å²) in [6, 6.07) is 5.48. The molecule has 1 N–H and O–H groups in total. The molecular weight excluding hydrogens is 287 g/mol. The minimum Gasteiger partial charge on any atom is -0.444 e. The van der Waals surface area contributed by atoms with Crippen molar-refractivity contribution in [3.63, 3.8) is 0 Å². The van der Waals surface area contributed by atoms with Crippen LogP contribution in [-0.2, 0) is 4.74 Å². The van der Waals surface area contributed by atoms with E-state index in [2.05, 4.69) is 5.32 Å². The van der Waals surface area contributed by atoms with E-state index >= 15 is 0 Å². The van der Waals surface area contributed by atoms with Gasteiger partial charge in [0.25, 0.3) is 5.91 Å². The van der Waals surface area contributed by atoms with Crippen LogP contribution in [0.4, 0.5) is 9.18 Å². The number of benzene rings is 1. The van der Waals surface area contributed by atoms with Gasteiger partial charge in [-0.1, -0.05) is 12.1 Å². The minimum absolute atomic E-state index is 0.00877. The van der Waals surface area contributed by atoms with Crippen LogP contribution in [0.3, 0.4) is 0 Å². The molecule has 1 atom stereocenters. The van der Waals surface area contributed by atoms with Gasteiger partial charge in [-0.05, 0) is 39.8 Å². The molecule has 0 saturated carbocycles. The summed E-state index contributed by atoms with van der Waals surface area (Å²) in [6.07, 6.45) is -0.549. The van der Waals surface area contributed by atoms with Crippen LogP contribution in [0.15, 0.2) is 24.3 Å². The lowest BCUT2D eigenvalue weighted by Crippen LogP contribution is -2.44. The zero-order chi connectivity index (χ0) is 16.9. The number of carbonyl (C=O) groups excluding carboxylic acids is 2. The quantitative estimate of drug-likeness (QED) is 0.930. The van der Waals surface area contributed by atoms with E-state index < -0.39 is 23.4 Å². The van der Waals surface area contributed by atoms with Crippen LogP contribution < -0.4 is 5.32 Å². The monoisotopic (exact) mass is 310 g/mol. The Hall–Kier alpha value is -2.11. The maximum atomic E-state index is 13.6. The molecule has 1 aromatic rings. The van der Waals surface area contributed by atoms with Crippen LogP contribution in [0.5, 0.6) is 0 Å². The van der Waals surface area contributed by atoms with E-state index in [-0.39, 0.29) is 18.2 Å². The molecule has 22 heavy (non-hydrogen) atoms. The molecule has 0 spiro atoms. The normalized spacial score (nSPS) is 12.5. The van der Waals surface area contributed by atoms with Crippen LogP contribution in [-0.4, -0.2) is 42.1 Å². The van der Waals surface area contributed by atoms with Crippen molar-refractivity contribution in [2.24, 2.45) is 0 Å². The molecule has 0 aliphatic rings. The van der Waals surface area contributed by atoms with Gasteiger partial charge in [-0.15, -0.1) is 0 Å². The van der Waals surface area contributed by atoms with Gasteiger partial charge in [-0.2, -0.15) is 0 Å². The van der Waals surface area contributed by atoms with Crippen LogP contribution >= 0.6 is 0 Å². The molecule has 0 aromatic heterocycles.